The standard InChI is InChI=1S/C26H43NO5S/c1-3-4-5-6-7-8-11-14-23-33(29,30)27-21-12-9-10-13-22-32-26(28)20-17-24-15-18-25(31-2)19-16-24/h15-20,27H,3-14,21-23H2,1-2H3/b20-17+. The molecule has 0 unspecified atom stereocenters. The molecule has 0 radical (unpaired) electrons. The first-order valence-corrected chi connectivity index (χ1v) is 14.1. The molecule has 0 bridgehead atoms. The minimum absolute atomic E-state index is 0.224. The summed E-state index contributed by atoms with van der Waals surface area (Å²) in [6.07, 6.45) is 15.7. The lowest BCUT2D eigenvalue weighted by Crippen LogP contribution is -2.27. The van der Waals surface area contributed by atoms with E-state index in [0.717, 1.165) is 56.3 Å². The lowest BCUT2D eigenvalue weighted by Gasteiger charge is -2.07. The Bertz CT molecular complexity index is 759. The van der Waals surface area contributed by atoms with E-state index in [4.69, 9.17) is 9.47 Å². The molecule has 33 heavy (non-hydrogen) atoms. The maximum atomic E-state index is 12.0. The Morgan fingerprint density at radius 1 is 0.879 bits per heavy atom. The van der Waals surface area contributed by atoms with Crippen LogP contribution >= 0.6 is 0 Å². The lowest BCUT2D eigenvalue weighted by molar-refractivity contribution is -0.137. The third-order valence-electron chi connectivity index (χ3n) is 5.43. The zero-order chi connectivity index (χ0) is 24.2. The summed E-state index contributed by atoms with van der Waals surface area (Å²) in [6, 6.07) is 7.40. The molecule has 1 rings (SSSR count). The first-order valence-electron chi connectivity index (χ1n) is 12.4. The highest BCUT2D eigenvalue weighted by Crippen LogP contribution is 2.12. The molecule has 0 amide bonds. The molecule has 6 nitrogen and oxygen atoms in total. The van der Waals surface area contributed by atoms with Crippen molar-refractivity contribution in [2.24, 2.45) is 0 Å². The van der Waals surface area contributed by atoms with Gasteiger partial charge in [-0.25, -0.2) is 17.9 Å². The summed E-state index contributed by atoms with van der Waals surface area (Å²) in [5.41, 5.74) is 0.901. The summed E-state index contributed by atoms with van der Waals surface area (Å²) in [5.74, 6) is 0.632. The van der Waals surface area contributed by atoms with Gasteiger partial charge in [-0.15, -0.1) is 0 Å². The topological polar surface area (TPSA) is 81.7 Å². The fourth-order valence-corrected chi connectivity index (χ4v) is 4.59. The van der Waals surface area contributed by atoms with E-state index in [0.29, 0.717) is 13.2 Å². The number of unbranched alkanes of at least 4 members (excludes halogenated alkanes) is 10. The Morgan fingerprint density at radius 3 is 2.15 bits per heavy atom. The number of sulfonamides is 1. The summed E-state index contributed by atoms with van der Waals surface area (Å²) >= 11 is 0. The zero-order valence-electron chi connectivity index (χ0n) is 20.5. The van der Waals surface area contributed by atoms with Gasteiger partial charge in [0.15, 0.2) is 0 Å². The Labute approximate surface area is 201 Å². The molecular weight excluding hydrogens is 438 g/mol. The third kappa shape index (κ3) is 16.4. The second-order valence-electron chi connectivity index (χ2n) is 8.38. The average molecular weight is 482 g/mol. The fourth-order valence-electron chi connectivity index (χ4n) is 3.41. The Balaban J connectivity index is 1.98. The van der Waals surface area contributed by atoms with Crippen LogP contribution < -0.4 is 9.46 Å². The molecule has 0 aliphatic rings. The van der Waals surface area contributed by atoms with Crippen LogP contribution in [0.1, 0.15) is 89.5 Å². The molecule has 7 heteroatoms. The smallest absolute Gasteiger partial charge is 0.330 e. The highest BCUT2D eigenvalue weighted by atomic mass is 32.2. The van der Waals surface area contributed by atoms with Crippen molar-refractivity contribution in [2.45, 2.75) is 84.0 Å². The summed E-state index contributed by atoms with van der Waals surface area (Å²) in [5, 5.41) is 0. The molecule has 0 aromatic heterocycles. The number of esters is 1. The Kier molecular flexibility index (Phi) is 16.4. The van der Waals surface area contributed by atoms with Crippen LogP contribution in [-0.2, 0) is 19.6 Å². The van der Waals surface area contributed by atoms with E-state index in [1.807, 2.05) is 24.3 Å². The summed E-state index contributed by atoms with van der Waals surface area (Å²) < 4.78 is 37.1. The molecular formula is C26H43NO5S. The minimum atomic E-state index is -3.16. The first-order chi connectivity index (χ1) is 16.0. The molecule has 1 N–H and O–H groups in total. The van der Waals surface area contributed by atoms with Gasteiger partial charge < -0.3 is 9.47 Å². The van der Waals surface area contributed by atoms with Crippen LogP contribution in [0.25, 0.3) is 6.08 Å². The Hall–Kier alpha value is -1.86. The number of hydrogen-bond donors (Lipinski definition) is 1. The molecule has 0 aliphatic heterocycles. The van der Waals surface area contributed by atoms with Gasteiger partial charge >= 0.3 is 5.97 Å². The van der Waals surface area contributed by atoms with Crippen molar-refractivity contribution in [2.75, 3.05) is 26.0 Å². The highest BCUT2D eigenvalue weighted by Gasteiger charge is 2.08. The van der Waals surface area contributed by atoms with Crippen molar-refractivity contribution in [3.8, 4) is 5.75 Å². The number of carbonyl (C=O) groups excluding carboxylic acids is 1. The van der Waals surface area contributed by atoms with E-state index in [-0.39, 0.29) is 11.7 Å². The SMILES string of the molecule is CCCCCCCCCCS(=O)(=O)NCCCCCCOC(=O)/C=C/c1ccc(OC)cc1. The van der Waals surface area contributed by atoms with Crippen LogP contribution in [0.15, 0.2) is 30.3 Å². The largest absolute Gasteiger partial charge is 0.497 e. The maximum Gasteiger partial charge on any atom is 0.330 e. The van der Waals surface area contributed by atoms with Gasteiger partial charge in [0.25, 0.3) is 0 Å². The summed E-state index contributed by atoms with van der Waals surface area (Å²) in [6.45, 7) is 3.06. The second kappa shape index (κ2) is 18.6. The number of methoxy groups -OCH3 is 1. The van der Waals surface area contributed by atoms with E-state index in [1.165, 1.54) is 38.2 Å². The van der Waals surface area contributed by atoms with Crippen LogP contribution in [-0.4, -0.2) is 40.4 Å². The van der Waals surface area contributed by atoms with E-state index in [9.17, 15) is 13.2 Å². The number of ether oxygens (including phenoxy) is 2. The van der Waals surface area contributed by atoms with Crippen LogP contribution in [0.3, 0.4) is 0 Å². The average Bonchev–Trinajstić information content (AvgIpc) is 2.81. The summed E-state index contributed by atoms with van der Waals surface area (Å²) in [7, 11) is -1.55. The molecule has 0 saturated heterocycles. The molecule has 0 aliphatic carbocycles. The fraction of sp³-hybridized carbons (Fsp3) is 0.654. The molecule has 0 fully saturated rings. The summed E-state index contributed by atoms with van der Waals surface area (Å²) in [4.78, 5) is 11.8. The van der Waals surface area contributed by atoms with Crippen LogP contribution in [0.4, 0.5) is 0 Å². The first kappa shape index (κ1) is 29.2. The van der Waals surface area contributed by atoms with E-state index < -0.39 is 10.0 Å². The van der Waals surface area contributed by atoms with E-state index in [1.54, 1.807) is 13.2 Å². The van der Waals surface area contributed by atoms with Gasteiger partial charge in [-0.3, -0.25) is 0 Å². The van der Waals surface area contributed by atoms with Crippen molar-refractivity contribution in [3.05, 3.63) is 35.9 Å². The number of hydrogen-bond acceptors (Lipinski definition) is 5. The predicted molar refractivity (Wildman–Crippen MR) is 136 cm³/mol. The lowest BCUT2D eigenvalue weighted by atomic mass is 10.1. The van der Waals surface area contributed by atoms with Gasteiger partial charge in [0.05, 0.1) is 19.5 Å². The highest BCUT2D eigenvalue weighted by molar-refractivity contribution is 7.89. The quantitative estimate of drug-likeness (QED) is 0.143. The molecule has 188 valence electrons. The Morgan fingerprint density at radius 2 is 1.48 bits per heavy atom. The number of rotatable bonds is 20. The van der Waals surface area contributed by atoms with Crippen molar-refractivity contribution < 1.29 is 22.7 Å². The number of nitrogens with one attached hydrogen (secondary N) is 1. The predicted octanol–water partition coefficient (Wildman–Crippen LogP) is 5.87. The van der Waals surface area contributed by atoms with Gasteiger partial charge in [0.1, 0.15) is 5.75 Å². The van der Waals surface area contributed by atoms with E-state index >= 15 is 0 Å². The molecule has 0 heterocycles. The molecule has 0 saturated carbocycles. The molecule has 0 atom stereocenters. The van der Waals surface area contributed by atoms with Crippen molar-refractivity contribution in [3.63, 3.8) is 0 Å². The second-order valence-corrected chi connectivity index (χ2v) is 10.3. The minimum Gasteiger partial charge on any atom is -0.497 e. The van der Waals surface area contributed by atoms with Gasteiger partial charge in [0, 0.05) is 12.6 Å². The van der Waals surface area contributed by atoms with Crippen LogP contribution in [0.5, 0.6) is 5.75 Å². The molecule has 1 aromatic carbocycles. The zero-order valence-corrected chi connectivity index (χ0v) is 21.3. The molecule has 0 spiro atoms. The van der Waals surface area contributed by atoms with Crippen LogP contribution in [0.2, 0.25) is 0 Å². The van der Waals surface area contributed by atoms with Crippen molar-refractivity contribution >= 4 is 22.1 Å². The van der Waals surface area contributed by atoms with Crippen LogP contribution in [0, 0.1) is 0 Å². The monoisotopic (exact) mass is 481 g/mol. The maximum absolute atomic E-state index is 12.0. The number of carbonyl (C=O) groups is 1. The van der Waals surface area contributed by atoms with Gasteiger partial charge in [-0.1, -0.05) is 76.8 Å². The van der Waals surface area contributed by atoms with Crippen molar-refractivity contribution in [1.29, 1.82) is 0 Å². The normalized spacial score (nSPS) is 11.7. The van der Waals surface area contributed by atoms with Crippen molar-refractivity contribution in [1.82, 2.24) is 4.72 Å². The van der Waals surface area contributed by atoms with Gasteiger partial charge in [-0.2, -0.15) is 0 Å². The van der Waals surface area contributed by atoms with Gasteiger partial charge in [-0.05, 0) is 43.0 Å². The van der Waals surface area contributed by atoms with Gasteiger partial charge in [0.2, 0.25) is 10.0 Å². The number of benzene rings is 1. The third-order valence-corrected chi connectivity index (χ3v) is 6.90. The van der Waals surface area contributed by atoms with E-state index in [2.05, 4.69) is 11.6 Å². The molecule has 1 aromatic rings.